The Bertz CT molecular complexity index is 480. The fraction of sp³-hybridized carbons (Fsp3) is 0. The van der Waals surface area contributed by atoms with Gasteiger partial charge in [-0.05, 0) is 11.1 Å². The first-order valence-corrected chi connectivity index (χ1v) is 4.49. The molecule has 0 aliphatic heterocycles. The summed E-state index contributed by atoms with van der Waals surface area (Å²) in [7, 11) is 0. The average Bonchev–Trinajstić information content (AvgIpc) is 2.30. The van der Waals surface area contributed by atoms with Crippen molar-refractivity contribution in [3.63, 3.8) is 0 Å². The Morgan fingerprint density at radius 3 is 2.40 bits per heavy atom. The lowest BCUT2D eigenvalue weighted by Gasteiger charge is -1.99. The van der Waals surface area contributed by atoms with Crippen molar-refractivity contribution in [3.05, 3.63) is 64.7 Å². The summed E-state index contributed by atoms with van der Waals surface area (Å²) in [4.78, 5) is 10.1. The molecule has 3 nitrogen and oxygen atoms in total. The third kappa shape index (κ3) is 2.02. The first-order valence-electron chi connectivity index (χ1n) is 4.49. The number of hydrogen-bond acceptors (Lipinski definition) is 2. The maximum absolute atomic E-state index is 10.6. The second-order valence-corrected chi connectivity index (χ2v) is 3.07. The molecule has 2 aromatic carbocycles. The first kappa shape index (κ1) is 9.40. The van der Waals surface area contributed by atoms with E-state index in [9.17, 15) is 10.1 Å². The van der Waals surface area contributed by atoms with E-state index in [1.54, 1.807) is 6.07 Å². The van der Waals surface area contributed by atoms with Gasteiger partial charge < -0.3 is 0 Å². The van der Waals surface area contributed by atoms with Gasteiger partial charge in [-0.3, -0.25) is 10.1 Å². The Hall–Kier alpha value is -2.16. The van der Waals surface area contributed by atoms with Crippen molar-refractivity contribution in [2.24, 2.45) is 0 Å². The summed E-state index contributed by atoms with van der Waals surface area (Å²) in [6.07, 6.45) is 0. The first-order chi connectivity index (χ1) is 7.27. The summed E-state index contributed by atoms with van der Waals surface area (Å²) in [6.45, 7) is 0. The molecule has 3 heteroatoms. The Balaban J connectivity index is 2.46. The molecule has 73 valence electrons. The minimum absolute atomic E-state index is 0.00338. The largest absolute Gasteiger partial charge is 0.278 e. The number of non-ortho nitro benzene ring substituents is 1. The van der Waals surface area contributed by atoms with Crippen LogP contribution in [0.4, 0.5) is 5.69 Å². The van der Waals surface area contributed by atoms with Crippen molar-refractivity contribution < 1.29 is 4.92 Å². The molecule has 0 amide bonds. The van der Waals surface area contributed by atoms with Gasteiger partial charge in [0.2, 0.25) is 0 Å². The second-order valence-electron chi connectivity index (χ2n) is 3.07. The molecule has 0 N–H and O–H groups in total. The fourth-order valence-electron chi connectivity index (χ4n) is 1.35. The van der Waals surface area contributed by atoms with Crippen LogP contribution in [0.2, 0.25) is 0 Å². The lowest BCUT2D eigenvalue weighted by molar-refractivity contribution is -0.385. The van der Waals surface area contributed by atoms with Crippen LogP contribution in [0.3, 0.4) is 0 Å². The van der Waals surface area contributed by atoms with Crippen molar-refractivity contribution in [3.8, 4) is 11.1 Å². The number of nitrogens with zero attached hydrogens (tertiary/aromatic N) is 1. The van der Waals surface area contributed by atoms with Crippen LogP contribution in [0.5, 0.6) is 0 Å². The van der Waals surface area contributed by atoms with E-state index in [1.807, 2.05) is 36.4 Å². The van der Waals surface area contributed by atoms with Gasteiger partial charge in [0, 0.05) is 6.07 Å². The van der Waals surface area contributed by atoms with E-state index in [2.05, 4.69) is 6.07 Å². The molecule has 0 heterocycles. The van der Waals surface area contributed by atoms with Gasteiger partial charge in [0.05, 0.1) is 11.0 Å². The van der Waals surface area contributed by atoms with Crippen LogP contribution in [-0.4, -0.2) is 4.92 Å². The monoisotopic (exact) mass is 198 g/mol. The lowest BCUT2D eigenvalue weighted by atomic mass is 10.1. The molecule has 0 aliphatic carbocycles. The molecular formula is C12H8NO2. The molecule has 0 fully saturated rings. The highest BCUT2D eigenvalue weighted by Crippen LogP contribution is 2.22. The molecule has 2 aromatic rings. The summed E-state index contributed by atoms with van der Waals surface area (Å²) in [5.41, 5.74) is 1.67. The van der Waals surface area contributed by atoms with Gasteiger partial charge in [-0.25, -0.2) is 0 Å². The van der Waals surface area contributed by atoms with E-state index in [1.165, 1.54) is 6.07 Å². The Morgan fingerprint density at radius 2 is 1.73 bits per heavy atom. The van der Waals surface area contributed by atoms with Gasteiger partial charge in [0.25, 0.3) is 5.69 Å². The quantitative estimate of drug-likeness (QED) is 0.549. The van der Waals surface area contributed by atoms with Crippen LogP contribution in [-0.2, 0) is 0 Å². The minimum Gasteiger partial charge on any atom is -0.258 e. The molecule has 0 saturated carbocycles. The highest BCUT2D eigenvalue weighted by atomic mass is 16.6. The van der Waals surface area contributed by atoms with Crippen molar-refractivity contribution in [1.82, 2.24) is 0 Å². The Kier molecular flexibility index (Phi) is 2.46. The highest BCUT2D eigenvalue weighted by molar-refractivity contribution is 5.64. The van der Waals surface area contributed by atoms with Gasteiger partial charge in [0.1, 0.15) is 0 Å². The predicted molar refractivity (Wildman–Crippen MR) is 57.4 cm³/mol. The van der Waals surface area contributed by atoms with Crippen LogP contribution in [0.15, 0.2) is 48.5 Å². The summed E-state index contributed by atoms with van der Waals surface area (Å²) in [6, 6.07) is 17.2. The van der Waals surface area contributed by atoms with Crippen LogP contribution in [0.1, 0.15) is 0 Å². The lowest BCUT2D eigenvalue weighted by Crippen LogP contribution is -1.88. The third-order valence-electron chi connectivity index (χ3n) is 2.06. The van der Waals surface area contributed by atoms with Crippen LogP contribution in [0.25, 0.3) is 11.1 Å². The Morgan fingerprint density at radius 1 is 1.00 bits per heavy atom. The number of nitro groups is 1. The summed E-state index contributed by atoms with van der Waals surface area (Å²) >= 11 is 0. The molecule has 0 aromatic heterocycles. The molecule has 0 spiro atoms. The maximum atomic E-state index is 10.6. The molecule has 1 radical (unpaired) electrons. The van der Waals surface area contributed by atoms with Crippen LogP contribution < -0.4 is 0 Å². The summed E-state index contributed by atoms with van der Waals surface area (Å²) < 4.78 is 0. The van der Waals surface area contributed by atoms with Gasteiger partial charge >= 0.3 is 0 Å². The van der Waals surface area contributed by atoms with E-state index in [0.29, 0.717) is 0 Å². The molecule has 0 atom stereocenters. The van der Waals surface area contributed by atoms with Gasteiger partial charge in [-0.15, -0.1) is 0 Å². The Labute approximate surface area is 87.1 Å². The van der Waals surface area contributed by atoms with Gasteiger partial charge in [0.15, 0.2) is 0 Å². The molecule has 15 heavy (non-hydrogen) atoms. The zero-order valence-electron chi connectivity index (χ0n) is 7.88. The van der Waals surface area contributed by atoms with Crippen LogP contribution >= 0.6 is 0 Å². The van der Waals surface area contributed by atoms with E-state index in [0.717, 1.165) is 11.1 Å². The molecule has 0 bridgehead atoms. The van der Waals surface area contributed by atoms with Crippen molar-refractivity contribution >= 4 is 5.69 Å². The third-order valence-corrected chi connectivity index (χ3v) is 2.06. The minimum atomic E-state index is -0.438. The van der Waals surface area contributed by atoms with Crippen LogP contribution in [0, 0.1) is 16.2 Å². The summed E-state index contributed by atoms with van der Waals surface area (Å²) in [5.74, 6) is 0. The van der Waals surface area contributed by atoms with Crippen molar-refractivity contribution in [2.45, 2.75) is 0 Å². The molecule has 0 aliphatic rings. The van der Waals surface area contributed by atoms with Crippen molar-refractivity contribution in [2.75, 3.05) is 0 Å². The second kappa shape index (κ2) is 3.92. The number of benzene rings is 2. The van der Waals surface area contributed by atoms with E-state index >= 15 is 0 Å². The number of nitro benzene ring substituents is 1. The molecule has 0 unspecified atom stereocenters. The zero-order chi connectivity index (χ0) is 10.7. The van der Waals surface area contributed by atoms with E-state index in [4.69, 9.17) is 0 Å². The van der Waals surface area contributed by atoms with Gasteiger partial charge in [-0.2, -0.15) is 0 Å². The van der Waals surface area contributed by atoms with Crippen molar-refractivity contribution in [1.29, 1.82) is 0 Å². The highest BCUT2D eigenvalue weighted by Gasteiger charge is 2.06. The molecule has 2 rings (SSSR count). The summed E-state index contributed by atoms with van der Waals surface area (Å²) in [5, 5.41) is 10.6. The van der Waals surface area contributed by atoms with Gasteiger partial charge in [-0.1, -0.05) is 42.5 Å². The molecule has 0 saturated heterocycles. The number of hydrogen-bond donors (Lipinski definition) is 0. The SMILES string of the molecule is O=[N+]([O-])c1[c]c(-c2ccccc2)ccc1. The standard InChI is InChI=1S/C12H8NO2/c14-13(15)12-8-4-7-11(9-12)10-5-2-1-3-6-10/h1-8H. The smallest absolute Gasteiger partial charge is 0.258 e. The topological polar surface area (TPSA) is 43.1 Å². The fourth-order valence-corrected chi connectivity index (χ4v) is 1.35. The normalized spacial score (nSPS) is 9.87. The van der Waals surface area contributed by atoms with E-state index < -0.39 is 4.92 Å². The zero-order valence-corrected chi connectivity index (χ0v) is 7.88. The maximum Gasteiger partial charge on any atom is 0.278 e. The average molecular weight is 198 g/mol. The number of rotatable bonds is 2. The molecular weight excluding hydrogens is 190 g/mol. The van der Waals surface area contributed by atoms with E-state index in [-0.39, 0.29) is 5.69 Å². The predicted octanol–water partition coefficient (Wildman–Crippen LogP) is 3.06.